The van der Waals surface area contributed by atoms with E-state index in [-0.39, 0.29) is 28.7 Å². The summed E-state index contributed by atoms with van der Waals surface area (Å²) in [7, 11) is 0. The number of carbonyl (C=O) groups excluding carboxylic acids is 1. The minimum atomic E-state index is -4.61. The first-order valence-electron chi connectivity index (χ1n) is 9.99. The number of allylic oxidation sites excluding steroid dienone is 1. The Labute approximate surface area is 205 Å². The average molecular weight is 529 g/mol. The van der Waals surface area contributed by atoms with Crippen LogP contribution in [0.5, 0.6) is 0 Å². The van der Waals surface area contributed by atoms with E-state index in [1.165, 1.54) is 35.2 Å². The Hall–Kier alpha value is -3.32. The first-order chi connectivity index (χ1) is 16.5. The molecule has 2 aromatic heterocycles. The molecule has 1 aromatic carbocycles. The van der Waals surface area contributed by atoms with Crippen LogP contribution in [0.1, 0.15) is 29.2 Å². The minimum Gasteiger partial charge on any atom is -0.365 e. The lowest BCUT2D eigenvalue weighted by Crippen LogP contribution is -2.34. The van der Waals surface area contributed by atoms with Crippen LogP contribution in [0.15, 0.2) is 58.3 Å². The summed E-state index contributed by atoms with van der Waals surface area (Å²) >= 11 is 7.07. The van der Waals surface area contributed by atoms with Crippen molar-refractivity contribution in [2.24, 2.45) is 5.73 Å². The maximum absolute atomic E-state index is 13.2. The molecule has 3 aromatic rings. The number of nitrogens with zero attached hydrogens (tertiary/aromatic N) is 5. The number of alkyl halides is 3. The van der Waals surface area contributed by atoms with Crippen molar-refractivity contribution >= 4 is 29.3 Å². The van der Waals surface area contributed by atoms with Gasteiger partial charge in [0, 0.05) is 11.9 Å². The van der Waals surface area contributed by atoms with Gasteiger partial charge in [-0.05, 0) is 30.7 Å². The zero-order valence-corrected chi connectivity index (χ0v) is 19.5. The molecule has 0 saturated carbocycles. The summed E-state index contributed by atoms with van der Waals surface area (Å²) in [6, 6.07) is 6.33. The number of aromatic nitrogens is 4. The SMILES string of the molecule is CC1=C(C(N)=O)SC(n2cnn(Cc3ccc(F)cc3)c2=O)N1Cc1ncc(C(F)(F)F)cc1Cl. The van der Waals surface area contributed by atoms with Crippen LogP contribution in [0.3, 0.4) is 0 Å². The van der Waals surface area contributed by atoms with Gasteiger partial charge in [0.1, 0.15) is 12.1 Å². The number of benzene rings is 1. The number of amides is 1. The van der Waals surface area contributed by atoms with Crippen molar-refractivity contribution in [3.05, 3.63) is 91.6 Å². The first kappa shape index (κ1) is 24.8. The van der Waals surface area contributed by atoms with Crippen LogP contribution in [-0.2, 0) is 24.1 Å². The molecule has 3 heterocycles. The van der Waals surface area contributed by atoms with Gasteiger partial charge in [0.05, 0.1) is 34.3 Å². The molecule has 0 saturated heterocycles. The number of thioether (sulfide) groups is 1. The summed E-state index contributed by atoms with van der Waals surface area (Å²) in [5.74, 6) is -1.14. The highest BCUT2D eigenvalue weighted by Crippen LogP contribution is 2.45. The Morgan fingerprint density at radius 3 is 2.51 bits per heavy atom. The molecule has 2 N–H and O–H groups in total. The number of nitrogens with two attached hydrogens (primary N) is 1. The monoisotopic (exact) mass is 528 g/mol. The Bertz CT molecular complexity index is 1370. The molecule has 0 spiro atoms. The Balaban J connectivity index is 1.66. The lowest BCUT2D eigenvalue weighted by atomic mass is 10.2. The number of rotatable bonds is 6. The molecule has 1 aliphatic rings. The van der Waals surface area contributed by atoms with E-state index >= 15 is 0 Å². The highest BCUT2D eigenvalue weighted by Gasteiger charge is 2.37. The normalized spacial score (nSPS) is 16.3. The summed E-state index contributed by atoms with van der Waals surface area (Å²) in [6.07, 6.45) is -2.67. The van der Waals surface area contributed by atoms with Crippen LogP contribution >= 0.6 is 23.4 Å². The average Bonchev–Trinajstić information content (AvgIpc) is 3.30. The Morgan fingerprint density at radius 2 is 1.91 bits per heavy atom. The topological polar surface area (TPSA) is 99.0 Å². The molecule has 0 fully saturated rings. The highest BCUT2D eigenvalue weighted by atomic mass is 35.5. The quantitative estimate of drug-likeness (QED) is 0.490. The molecule has 1 amide bonds. The molecule has 8 nitrogen and oxygen atoms in total. The molecule has 14 heteroatoms. The van der Waals surface area contributed by atoms with Crippen LogP contribution in [0.4, 0.5) is 17.6 Å². The number of halogens is 5. The molecule has 1 unspecified atom stereocenters. The summed E-state index contributed by atoms with van der Waals surface area (Å²) in [4.78, 5) is 30.7. The molecule has 0 radical (unpaired) electrons. The summed E-state index contributed by atoms with van der Waals surface area (Å²) < 4.78 is 54.5. The molecule has 35 heavy (non-hydrogen) atoms. The predicted octanol–water partition coefficient (Wildman–Crippen LogP) is 3.72. The van der Waals surface area contributed by atoms with Crippen molar-refractivity contribution in [2.75, 3.05) is 0 Å². The van der Waals surface area contributed by atoms with E-state index in [1.54, 1.807) is 11.8 Å². The smallest absolute Gasteiger partial charge is 0.365 e. The molecular weight excluding hydrogens is 512 g/mol. The molecule has 0 aliphatic carbocycles. The molecule has 1 aliphatic heterocycles. The van der Waals surface area contributed by atoms with E-state index in [9.17, 15) is 27.2 Å². The van der Waals surface area contributed by atoms with Crippen molar-refractivity contribution in [2.45, 2.75) is 31.7 Å². The second-order valence-corrected chi connectivity index (χ2v) is 9.08. The largest absolute Gasteiger partial charge is 0.417 e. The van der Waals surface area contributed by atoms with Crippen molar-refractivity contribution < 1.29 is 22.4 Å². The van der Waals surface area contributed by atoms with Gasteiger partial charge in [-0.1, -0.05) is 35.5 Å². The number of primary amides is 1. The van der Waals surface area contributed by atoms with Crippen molar-refractivity contribution in [1.29, 1.82) is 0 Å². The summed E-state index contributed by atoms with van der Waals surface area (Å²) in [5, 5.41) is 3.88. The number of hydrogen-bond acceptors (Lipinski definition) is 6. The van der Waals surface area contributed by atoms with E-state index < -0.39 is 34.7 Å². The van der Waals surface area contributed by atoms with Crippen LogP contribution in [0, 0.1) is 5.82 Å². The molecule has 184 valence electrons. The maximum Gasteiger partial charge on any atom is 0.417 e. The van der Waals surface area contributed by atoms with Crippen molar-refractivity contribution in [3.63, 3.8) is 0 Å². The predicted molar refractivity (Wildman–Crippen MR) is 120 cm³/mol. The van der Waals surface area contributed by atoms with E-state index in [4.69, 9.17) is 17.3 Å². The van der Waals surface area contributed by atoms with E-state index in [1.807, 2.05) is 0 Å². The van der Waals surface area contributed by atoms with Gasteiger partial charge in [0.2, 0.25) is 0 Å². The third kappa shape index (κ3) is 5.05. The van der Waals surface area contributed by atoms with Gasteiger partial charge in [-0.15, -0.1) is 0 Å². The van der Waals surface area contributed by atoms with Crippen molar-refractivity contribution in [3.8, 4) is 0 Å². The van der Waals surface area contributed by atoms with Gasteiger partial charge in [-0.3, -0.25) is 14.3 Å². The first-order valence-corrected chi connectivity index (χ1v) is 11.3. The Kier molecular flexibility index (Phi) is 6.64. The third-order valence-electron chi connectivity index (χ3n) is 5.28. The van der Waals surface area contributed by atoms with Crippen LogP contribution in [0.2, 0.25) is 5.02 Å². The Morgan fingerprint density at radius 1 is 1.23 bits per heavy atom. The van der Waals surface area contributed by atoms with Crippen LogP contribution in [0.25, 0.3) is 0 Å². The lowest BCUT2D eigenvalue weighted by Gasteiger charge is -2.27. The van der Waals surface area contributed by atoms with Crippen molar-refractivity contribution in [1.82, 2.24) is 24.2 Å². The van der Waals surface area contributed by atoms with Gasteiger partial charge in [0.15, 0.2) is 5.50 Å². The fourth-order valence-electron chi connectivity index (χ4n) is 3.46. The van der Waals surface area contributed by atoms with E-state index in [0.717, 1.165) is 22.5 Å². The fourth-order valence-corrected chi connectivity index (χ4v) is 4.92. The molecule has 4 rings (SSSR count). The molecule has 1 atom stereocenters. The number of hydrogen-bond donors (Lipinski definition) is 1. The van der Waals surface area contributed by atoms with Crippen LogP contribution in [-0.4, -0.2) is 30.1 Å². The van der Waals surface area contributed by atoms with Crippen LogP contribution < -0.4 is 11.4 Å². The lowest BCUT2D eigenvalue weighted by molar-refractivity contribution is -0.137. The standard InChI is InChI=1S/C21H17ClF4N6O2S/c1-11-17(18(27)33)35-20(30(11)9-16-15(22)6-13(7-28-16)21(24,25)26)31-10-29-32(19(31)34)8-12-2-4-14(23)5-3-12/h2-7,10,20H,8-9H2,1H3,(H2,27,33). The highest BCUT2D eigenvalue weighted by molar-refractivity contribution is 8.04. The van der Waals surface area contributed by atoms with Gasteiger partial charge >= 0.3 is 11.9 Å². The second kappa shape index (κ2) is 9.38. The van der Waals surface area contributed by atoms with Gasteiger partial charge in [-0.2, -0.15) is 18.3 Å². The van der Waals surface area contributed by atoms with E-state index in [0.29, 0.717) is 17.5 Å². The zero-order chi connectivity index (χ0) is 25.5. The second-order valence-electron chi connectivity index (χ2n) is 7.61. The maximum atomic E-state index is 13.2. The molecular formula is C21H17ClF4N6O2S. The zero-order valence-electron chi connectivity index (χ0n) is 18.0. The summed E-state index contributed by atoms with van der Waals surface area (Å²) in [6.45, 7) is 1.57. The van der Waals surface area contributed by atoms with Gasteiger partial charge in [-0.25, -0.2) is 13.9 Å². The minimum absolute atomic E-state index is 0.0743. The molecule has 0 bridgehead atoms. The fraction of sp³-hybridized carbons (Fsp3) is 0.238. The van der Waals surface area contributed by atoms with Gasteiger partial charge < -0.3 is 10.6 Å². The number of carbonyl (C=O) groups is 1. The summed E-state index contributed by atoms with van der Waals surface area (Å²) in [5.41, 5.74) is 4.30. The third-order valence-corrected chi connectivity index (χ3v) is 7.03. The van der Waals surface area contributed by atoms with Gasteiger partial charge in [0.25, 0.3) is 5.91 Å². The number of pyridine rings is 1. The van der Waals surface area contributed by atoms with E-state index in [2.05, 4.69) is 10.1 Å².